The van der Waals surface area contributed by atoms with Crippen LogP contribution in [0.5, 0.6) is 23.0 Å². The maximum atomic E-state index is 5.83. The van der Waals surface area contributed by atoms with Crippen LogP contribution in [0.3, 0.4) is 0 Å². The van der Waals surface area contributed by atoms with E-state index in [-0.39, 0.29) is 0 Å². The second kappa shape index (κ2) is 19.5. The molecule has 6 nitrogen and oxygen atoms in total. The lowest BCUT2D eigenvalue weighted by atomic mass is 9.96. The number of rotatable bonds is 16. The van der Waals surface area contributed by atoms with E-state index in [0.29, 0.717) is 18.0 Å². The van der Waals surface area contributed by atoms with Gasteiger partial charge in [-0.05, 0) is 69.1 Å². The number of allylic oxidation sites excluding steroid dienone is 8. The average Bonchev–Trinajstić information content (AvgIpc) is 3.27. The SMILES string of the molecule is C=CC(/C=C/c1c(OC)c(OC)cc2ccccc12)=C1/C=CC=C/C1=N\CCSSCC[n+]1ccc(/C=C/c2c(OC)c(OC)cc3ccccc23)c2ccccc21. The Bertz CT molecular complexity index is 2650. The van der Waals surface area contributed by atoms with E-state index in [2.05, 4.69) is 114 Å². The standard InChI is InChI=1S/C50H47N2O4S2/c1-6-35(23-25-43-39-17-9-7-15-37(39)33-47(53-2)49(43)55-4)41-19-11-13-21-45(41)51-28-31-57-58-32-30-52-29-27-36(42-20-12-14-22-46(42)52)24-26-44-40-18-10-8-16-38(40)34-48(54-3)50(44)56-5/h6-27,29,33-34H,1,28,30-32H2,2-5H3/q+1/b25-23+,26-24+,41-35+,51-45+. The van der Waals surface area contributed by atoms with E-state index in [1.807, 2.05) is 70.1 Å². The molecule has 0 amide bonds. The highest BCUT2D eigenvalue weighted by Crippen LogP contribution is 2.40. The molecular formula is C50H47N2O4S2+. The van der Waals surface area contributed by atoms with Gasteiger partial charge in [0.15, 0.2) is 35.7 Å². The number of nitrogens with zero attached hydrogens (tertiary/aromatic N) is 2. The van der Waals surface area contributed by atoms with Crippen molar-refractivity contribution >= 4 is 78.0 Å². The quantitative estimate of drug-likeness (QED) is 0.0552. The number of aryl methyl sites for hydroxylation is 1. The number of benzene rings is 5. The van der Waals surface area contributed by atoms with Gasteiger partial charge < -0.3 is 18.9 Å². The van der Waals surface area contributed by atoms with E-state index in [4.69, 9.17) is 23.9 Å². The number of hydrogen-bond donors (Lipinski definition) is 0. The van der Waals surface area contributed by atoms with Gasteiger partial charge >= 0.3 is 0 Å². The molecule has 0 bridgehead atoms. The van der Waals surface area contributed by atoms with E-state index in [1.165, 1.54) is 10.9 Å². The number of aliphatic imine (C=N–C) groups is 1. The Balaban J connectivity index is 1.00. The van der Waals surface area contributed by atoms with Crippen LogP contribution in [-0.4, -0.2) is 52.2 Å². The lowest BCUT2D eigenvalue weighted by Crippen LogP contribution is -2.35. The molecule has 0 N–H and O–H groups in total. The van der Waals surface area contributed by atoms with Gasteiger partial charge in [0, 0.05) is 41.1 Å². The third-order valence-electron chi connectivity index (χ3n) is 10.1. The van der Waals surface area contributed by atoms with E-state index in [0.717, 1.165) is 84.6 Å². The second-order valence-electron chi connectivity index (χ2n) is 13.3. The Hall–Kier alpha value is -5.96. The zero-order valence-electron chi connectivity index (χ0n) is 33.3. The molecule has 7 rings (SSSR count). The van der Waals surface area contributed by atoms with Gasteiger partial charge in [0.2, 0.25) is 5.52 Å². The predicted octanol–water partition coefficient (Wildman–Crippen LogP) is 11.8. The van der Waals surface area contributed by atoms with Crippen LogP contribution >= 0.6 is 21.6 Å². The van der Waals surface area contributed by atoms with Crippen molar-refractivity contribution in [1.29, 1.82) is 0 Å². The number of ether oxygens (including phenoxy) is 4. The lowest BCUT2D eigenvalue weighted by Gasteiger charge is -2.14. The fourth-order valence-corrected chi connectivity index (χ4v) is 9.12. The molecule has 0 spiro atoms. The van der Waals surface area contributed by atoms with Crippen LogP contribution in [0.4, 0.5) is 0 Å². The molecule has 5 aromatic carbocycles. The highest BCUT2D eigenvalue weighted by molar-refractivity contribution is 8.76. The summed E-state index contributed by atoms with van der Waals surface area (Å²) >= 11 is 0. The van der Waals surface area contributed by atoms with Gasteiger partial charge in [-0.1, -0.05) is 125 Å². The first kappa shape index (κ1) is 40.2. The third kappa shape index (κ3) is 8.79. The molecular weight excluding hydrogens is 757 g/mol. The summed E-state index contributed by atoms with van der Waals surface area (Å²) in [6.45, 7) is 5.75. The number of methoxy groups -OCH3 is 4. The fraction of sp³-hybridized carbons (Fsp3) is 0.160. The zero-order chi connectivity index (χ0) is 40.3. The van der Waals surface area contributed by atoms with Crippen LogP contribution in [0, 0.1) is 0 Å². The first-order chi connectivity index (χ1) is 28.6. The summed E-state index contributed by atoms with van der Waals surface area (Å²) in [6.07, 6.45) is 20.8. The Labute approximate surface area is 349 Å². The van der Waals surface area contributed by atoms with Crippen molar-refractivity contribution in [2.75, 3.05) is 46.5 Å². The Kier molecular flexibility index (Phi) is 13.5. The molecule has 0 radical (unpaired) electrons. The smallest absolute Gasteiger partial charge is 0.213 e. The summed E-state index contributed by atoms with van der Waals surface area (Å²) in [6, 6.07) is 31.4. The molecule has 0 aliphatic heterocycles. The van der Waals surface area contributed by atoms with E-state index in [9.17, 15) is 0 Å². The minimum Gasteiger partial charge on any atom is -0.493 e. The van der Waals surface area contributed by atoms with Crippen LogP contribution in [0.2, 0.25) is 0 Å². The van der Waals surface area contributed by atoms with Gasteiger partial charge in [-0.3, -0.25) is 4.99 Å². The van der Waals surface area contributed by atoms with Crippen molar-refractivity contribution < 1.29 is 23.5 Å². The summed E-state index contributed by atoms with van der Waals surface area (Å²) in [4.78, 5) is 5.02. The lowest BCUT2D eigenvalue weighted by molar-refractivity contribution is -0.666. The molecule has 0 saturated carbocycles. The van der Waals surface area contributed by atoms with Crippen LogP contribution in [0.25, 0.3) is 50.7 Å². The topological polar surface area (TPSA) is 53.2 Å². The predicted molar refractivity (Wildman–Crippen MR) is 249 cm³/mol. The molecule has 0 atom stereocenters. The second-order valence-corrected chi connectivity index (χ2v) is 16.0. The van der Waals surface area contributed by atoms with Crippen LogP contribution < -0.4 is 23.5 Å². The molecule has 1 aliphatic rings. The number of para-hydroxylation sites is 1. The molecule has 58 heavy (non-hydrogen) atoms. The first-order valence-corrected chi connectivity index (χ1v) is 21.6. The van der Waals surface area contributed by atoms with Crippen molar-refractivity contribution in [2.24, 2.45) is 4.99 Å². The van der Waals surface area contributed by atoms with E-state index in [1.54, 1.807) is 28.4 Å². The molecule has 0 saturated heterocycles. The van der Waals surface area contributed by atoms with Crippen LogP contribution in [0.1, 0.15) is 16.7 Å². The Morgan fingerprint density at radius 2 is 1.28 bits per heavy atom. The zero-order valence-corrected chi connectivity index (χ0v) is 34.9. The molecule has 1 heterocycles. The highest BCUT2D eigenvalue weighted by atomic mass is 33.1. The third-order valence-corrected chi connectivity index (χ3v) is 12.4. The minimum atomic E-state index is 0.696. The molecule has 1 aliphatic carbocycles. The fourth-order valence-electron chi connectivity index (χ4n) is 7.29. The Morgan fingerprint density at radius 1 is 0.672 bits per heavy atom. The van der Waals surface area contributed by atoms with Crippen molar-refractivity contribution in [3.8, 4) is 23.0 Å². The van der Waals surface area contributed by atoms with E-state index >= 15 is 0 Å². The molecule has 8 heteroatoms. The molecule has 292 valence electrons. The number of hydrogen-bond acceptors (Lipinski definition) is 7. The van der Waals surface area contributed by atoms with Gasteiger partial charge in [0.25, 0.3) is 0 Å². The number of aromatic nitrogens is 1. The van der Waals surface area contributed by atoms with Gasteiger partial charge in [-0.2, -0.15) is 4.57 Å². The monoisotopic (exact) mass is 803 g/mol. The summed E-state index contributed by atoms with van der Waals surface area (Å²) in [5, 5.41) is 5.59. The van der Waals surface area contributed by atoms with Crippen molar-refractivity contribution in [1.82, 2.24) is 0 Å². The number of fused-ring (bicyclic) bond motifs is 3. The summed E-state index contributed by atoms with van der Waals surface area (Å²) in [5.41, 5.74) is 7.26. The van der Waals surface area contributed by atoms with E-state index < -0.39 is 0 Å². The van der Waals surface area contributed by atoms with Gasteiger partial charge in [-0.25, -0.2) is 0 Å². The average molecular weight is 804 g/mol. The van der Waals surface area contributed by atoms with Crippen molar-refractivity contribution in [2.45, 2.75) is 6.54 Å². The van der Waals surface area contributed by atoms with Crippen LogP contribution in [0.15, 0.2) is 156 Å². The van der Waals surface area contributed by atoms with Gasteiger partial charge in [0.1, 0.15) is 0 Å². The summed E-state index contributed by atoms with van der Waals surface area (Å²) in [5.74, 6) is 4.72. The molecule has 6 aromatic rings. The maximum Gasteiger partial charge on any atom is 0.213 e. The largest absolute Gasteiger partial charge is 0.493 e. The van der Waals surface area contributed by atoms with Gasteiger partial charge in [0.05, 0.1) is 45.3 Å². The molecule has 0 fully saturated rings. The van der Waals surface area contributed by atoms with Crippen molar-refractivity contribution in [3.05, 3.63) is 168 Å². The Morgan fingerprint density at radius 3 is 1.93 bits per heavy atom. The summed E-state index contributed by atoms with van der Waals surface area (Å²) in [7, 11) is 10.5. The number of pyridine rings is 1. The minimum absolute atomic E-state index is 0.696. The normalized spacial score (nSPS) is 14.3. The van der Waals surface area contributed by atoms with Gasteiger partial charge in [-0.15, -0.1) is 0 Å². The van der Waals surface area contributed by atoms with Crippen LogP contribution in [-0.2, 0) is 6.54 Å². The van der Waals surface area contributed by atoms with Crippen molar-refractivity contribution in [3.63, 3.8) is 0 Å². The first-order valence-electron chi connectivity index (χ1n) is 19.1. The molecule has 0 unspecified atom stereocenters. The molecule has 1 aromatic heterocycles. The maximum absolute atomic E-state index is 5.83. The highest BCUT2D eigenvalue weighted by Gasteiger charge is 2.16. The summed E-state index contributed by atoms with van der Waals surface area (Å²) < 4.78 is 25.3.